The molecule has 21 heavy (non-hydrogen) atoms. The summed E-state index contributed by atoms with van der Waals surface area (Å²) in [5.74, 6) is -0.971. The highest BCUT2D eigenvalue weighted by Crippen LogP contribution is 2.21. The van der Waals surface area contributed by atoms with Crippen molar-refractivity contribution in [3.63, 3.8) is 0 Å². The Morgan fingerprint density at radius 1 is 1.38 bits per heavy atom. The number of carbonyl (C=O) groups is 1. The summed E-state index contributed by atoms with van der Waals surface area (Å²) < 4.78 is 26.5. The van der Waals surface area contributed by atoms with Crippen molar-refractivity contribution in [2.45, 2.75) is 13.3 Å². The Morgan fingerprint density at radius 2 is 2.05 bits per heavy atom. The van der Waals surface area contributed by atoms with Crippen LogP contribution in [0.4, 0.5) is 8.78 Å². The lowest BCUT2D eigenvalue weighted by Crippen LogP contribution is -2.04. The summed E-state index contributed by atoms with van der Waals surface area (Å²) in [6.07, 6.45) is -0.351. The summed E-state index contributed by atoms with van der Waals surface area (Å²) in [5, 5.41) is 7.02. The van der Waals surface area contributed by atoms with E-state index >= 15 is 0 Å². The van der Waals surface area contributed by atoms with Gasteiger partial charge in [0.05, 0.1) is 6.21 Å². The second-order valence-electron chi connectivity index (χ2n) is 4.43. The molecule has 0 saturated carbocycles. The van der Waals surface area contributed by atoms with Gasteiger partial charge in [-0.2, -0.15) is 5.10 Å². The quantitative estimate of drug-likeness (QED) is 0.495. The first-order chi connectivity index (χ1) is 9.97. The van der Waals surface area contributed by atoms with E-state index in [0.29, 0.717) is 0 Å². The Kier molecular flexibility index (Phi) is 4.42. The molecule has 0 amide bonds. The van der Waals surface area contributed by atoms with Crippen LogP contribution in [0.25, 0.3) is 0 Å². The van der Waals surface area contributed by atoms with E-state index in [4.69, 9.17) is 0 Å². The second kappa shape index (κ2) is 6.25. The van der Waals surface area contributed by atoms with Crippen LogP contribution >= 0.6 is 0 Å². The van der Waals surface area contributed by atoms with Crippen molar-refractivity contribution in [1.82, 2.24) is 9.78 Å². The molecule has 0 N–H and O–H groups in total. The maximum atomic E-state index is 12.7. The minimum Gasteiger partial charge on any atom is -0.313 e. The zero-order chi connectivity index (χ0) is 15.4. The molecule has 0 atom stereocenters. The molecule has 0 unspecified atom stereocenters. The van der Waals surface area contributed by atoms with Crippen LogP contribution in [-0.4, -0.2) is 22.0 Å². The lowest BCUT2D eigenvalue weighted by atomic mass is 10.2. The van der Waals surface area contributed by atoms with Gasteiger partial charge in [-0.1, -0.05) is 35.0 Å². The molecule has 1 aromatic carbocycles. The molecule has 110 valence electrons. The van der Waals surface area contributed by atoms with Crippen molar-refractivity contribution in [1.29, 1.82) is 0 Å². The normalized spacial score (nSPS) is 11.3. The molecular formula is C14H13F2N3O2. The van der Waals surface area contributed by atoms with Gasteiger partial charge in [-0.25, -0.2) is 13.6 Å². The highest BCUT2D eigenvalue weighted by atomic mass is 19.3. The molecule has 0 spiro atoms. The van der Waals surface area contributed by atoms with Gasteiger partial charge in [-0.3, -0.25) is 4.68 Å². The first-order valence-electron chi connectivity index (χ1n) is 6.10. The van der Waals surface area contributed by atoms with Crippen molar-refractivity contribution in [2.24, 2.45) is 12.2 Å². The minimum atomic E-state index is -2.85. The van der Waals surface area contributed by atoms with Crippen LogP contribution in [0, 0.1) is 6.92 Å². The lowest BCUT2D eigenvalue weighted by molar-refractivity contribution is 0.0508. The largest absolute Gasteiger partial charge is 0.369 e. The first kappa shape index (κ1) is 14.8. The molecule has 0 radical (unpaired) electrons. The number of oxime groups is 1. The van der Waals surface area contributed by atoms with E-state index in [-0.39, 0.29) is 5.56 Å². The molecule has 0 saturated heterocycles. The molecule has 5 nitrogen and oxygen atoms in total. The molecule has 0 aliphatic heterocycles. The van der Waals surface area contributed by atoms with Crippen LogP contribution < -0.4 is 0 Å². The van der Waals surface area contributed by atoms with Crippen LogP contribution in [-0.2, 0) is 11.9 Å². The topological polar surface area (TPSA) is 56.5 Å². The van der Waals surface area contributed by atoms with Gasteiger partial charge in [-0.05, 0) is 12.5 Å². The number of carbonyl (C=O) groups excluding carboxylic acids is 1. The van der Waals surface area contributed by atoms with Crippen LogP contribution in [0.2, 0.25) is 0 Å². The van der Waals surface area contributed by atoms with Gasteiger partial charge in [0.2, 0.25) is 0 Å². The maximum absolute atomic E-state index is 12.7. The fourth-order valence-corrected chi connectivity index (χ4v) is 1.66. The smallest absolute Gasteiger partial charge is 0.313 e. The molecule has 1 aromatic heterocycles. The molecule has 0 bridgehead atoms. The SMILES string of the molecule is Cc1ccc(/C=N/OC(=O)c2cn(C)nc2C(F)F)cc1. The van der Waals surface area contributed by atoms with Crippen molar-refractivity contribution in [2.75, 3.05) is 0 Å². The average Bonchev–Trinajstić information content (AvgIpc) is 2.83. The molecule has 2 aromatic rings. The Hall–Kier alpha value is -2.57. The van der Waals surface area contributed by atoms with E-state index in [1.807, 2.05) is 19.1 Å². The number of aryl methyl sites for hydroxylation is 2. The van der Waals surface area contributed by atoms with E-state index in [9.17, 15) is 13.6 Å². The lowest BCUT2D eigenvalue weighted by Gasteiger charge is -1.98. The Morgan fingerprint density at radius 3 is 2.67 bits per heavy atom. The van der Waals surface area contributed by atoms with Crippen LogP contribution in [0.5, 0.6) is 0 Å². The molecular weight excluding hydrogens is 280 g/mol. The molecule has 0 aliphatic carbocycles. The summed E-state index contributed by atoms with van der Waals surface area (Å²) in [6, 6.07) is 7.33. The van der Waals surface area contributed by atoms with Crippen molar-refractivity contribution < 1.29 is 18.4 Å². The number of halogens is 2. The summed E-state index contributed by atoms with van der Waals surface area (Å²) in [5.41, 5.74) is 0.899. The molecule has 1 heterocycles. The van der Waals surface area contributed by atoms with Gasteiger partial charge in [0, 0.05) is 13.2 Å². The highest BCUT2D eigenvalue weighted by Gasteiger charge is 2.23. The van der Waals surface area contributed by atoms with E-state index in [1.54, 1.807) is 12.1 Å². The maximum Gasteiger partial charge on any atom is 0.369 e. The van der Waals surface area contributed by atoms with Crippen LogP contribution in [0.15, 0.2) is 35.6 Å². The Balaban J connectivity index is 2.06. The number of rotatable bonds is 4. The molecule has 2 rings (SSSR count). The minimum absolute atomic E-state index is 0.298. The zero-order valence-electron chi connectivity index (χ0n) is 11.5. The molecule has 7 heteroatoms. The van der Waals surface area contributed by atoms with Crippen molar-refractivity contribution >= 4 is 12.2 Å². The number of aromatic nitrogens is 2. The predicted octanol–water partition coefficient (Wildman–Crippen LogP) is 2.86. The predicted molar refractivity (Wildman–Crippen MR) is 72.4 cm³/mol. The van der Waals surface area contributed by atoms with Crippen molar-refractivity contribution in [3.8, 4) is 0 Å². The third-order valence-electron chi connectivity index (χ3n) is 2.70. The van der Waals surface area contributed by atoms with Gasteiger partial charge >= 0.3 is 5.97 Å². The number of nitrogens with zero attached hydrogens (tertiary/aromatic N) is 3. The number of hydrogen-bond donors (Lipinski definition) is 0. The number of hydrogen-bond acceptors (Lipinski definition) is 4. The average molecular weight is 293 g/mol. The van der Waals surface area contributed by atoms with Gasteiger partial charge in [0.25, 0.3) is 6.43 Å². The first-order valence-corrected chi connectivity index (χ1v) is 6.10. The number of alkyl halides is 2. The van der Waals surface area contributed by atoms with Crippen LogP contribution in [0.1, 0.15) is 33.6 Å². The fraction of sp³-hybridized carbons (Fsp3) is 0.214. The Labute approximate surface area is 119 Å². The van der Waals surface area contributed by atoms with E-state index in [1.165, 1.54) is 19.5 Å². The van der Waals surface area contributed by atoms with Gasteiger partial charge in [-0.15, -0.1) is 0 Å². The van der Waals surface area contributed by atoms with E-state index < -0.39 is 18.1 Å². The van der Waals surface area contributed by atoms with Gasteiger partial charge in [0.15, 0.2) is 0 Å². The monoisotopic (exact) mass is 293 g/mol. The van der Waals surface area contributed by atoms with Gasteiger partial charge in [0.1, 0.15) is 11.3 Å². The molecule has 0 aliphatic rings. The summed E-state index contributed by atoms with van der Waals surface area (Å²) in [6.45, 7) is 1.94. The van der Waals surface area contributed by atoms with Gasteiger partial charge < -0.3 is 4.84 Å². The standard InChI is InChI=1S/C14H13F2N3O2/c1-9-3-5-10(6-4-9)7-17-21-14(20)11-8-19(2)18-12(11)13(15)16/h3-8,13H,1-2H3/b17-7+. The van der Waals surface area contributed by atoms with E-state index in [2.05, 4.69) is 15.1 Å². The van der Waals surface area contributed by atoms with E-state index in [0.717, 1.165) is 15.8 Å². The van der Waals surface area contributed by atoms with Crippen molar-refractivity contribution in [3.05, 3.63) is 52.8 Å². The molecule has 0 fully saturated rings. The summed E-state index contributed by atoms with van der Waals surface area (Å²) in [7, 11) is 1.44. The summed E-state index contributed by atoms with van der Waals surface area (Å²) >= 11 is 0. The fourth-order valence-electron chi connectivity index (χ4n) is 1.66. The number of benzene rings is 1. The summed E-state index contributed by atoms with van der Waals surface area (Å²) in [4.78, 5) is 16.3. The van der Waals surface area contributed by atoms with Crippen LogP contribution in [0.3, 0.4) is 0 Å². The third-order valence-corrected chi connectivity index (χ3v) is 2.70. The Bertz CT molecular complexity index is 663. The zero-order valence-corrected chi connectivity index (χ0v) is 11.5. The highest BCUT2D eigenvalue weighted by molar-refractivity contribution is 5.91. The third kappa shape index (κ3) is 3.71. The second-order valence-corrected chi connectivity index (χ2v) is 4.43.